The molecule has 140 valence electrons. The van der Waals surface area contributed by atoms with Crippen LogP contribution in [0.3, 0.4) is 0 Å². The highest BCUT2D eigenvalue weighted by Gasteiger charge is 2.24. The molecule has 0 spiro atoms. The molecule has 0 atom stereocenters. The molecule has 4 rings (SSSR count). The van der Waals surface area contributed by atoms with Crippen LogP contribution in [0.5, 0.6) is 5.88 Å². The number of aryl methyl sites for hydroxylation is 1. The molecule has 6 heteroatoms. The molecular weight excluding hydrogens is 342 g/mol. The number of fused-ring (bicyclic) bond motifs is 1. The molecule has 0 aliphatic heterocycles. The molecule has 1 aromatic carbocycles. The third kappa shape index (κ3) is 4.27. The molecule has 0 radical (unpaired) electrons. The van der Waals surface area contributed by atoms with Gasteiger partial charge in [-0.1, -0.05) is 23.4 Å². The van der Waals surface area contributed by atoms with E-state index in [0.717, 1.165) is 36.6 Å². The number of carbonyl (C=O) groups is 1. The minimum Gasteiger partial charge on any atom is -0.474 e. The number of amides is 1. The number of nitrogens with zero attached hydrogens (tertiary/aromatic N) is 2. The van der Waals surface area contributed by atoms with Gasteiger partial charge in [0.2, 0.25) is 11.8 Å². The Morgan fingerprint density at radius 3 is 2.78 bits per heavy atom. The standard InChI is InChI=1S/C21H23N3O3/c1-14-6-11-21(22-13-14)26-16-9-7-15(8-10-16)23-20(25)12-18-17-4-2-3-5-19(17)27-24-18/h2-6,11,13,15-16H,7-10,12H2,1H3,(H,23,25). The lowest BCUT2D eigenvalue weighted by Gasteiger charge is -2.29. The molecule has 1 amide bonds. The SMILES string of the molecule is Cc1ccc(OC2CCC(NC(=O)Cc3noc4ccccc34)CC2)nc1. The number of aromatic nitrogens is 2. The Hall–Kier alpha value is -2.89. The van der Waals surface area contributed by atoms with Gasteiger partial charge in [0.1, 0.15) is 11.8 Å². The summed E-state index contributed by atoms with van der Waals surface area (Å²) in [6.07, 6.45) is 5.84. The van der Waals surface area contributed by atoms with Gasteiger partial charge in [-0.2, -0.15) is 0 Å². The summed E-state index contributed by atoms with van der Waals surface area (Å²) in [6.45, 7) is 2.01. The third-order valence-electron chi connectivity index (χ3n) is 4.99. The van der Waals surface area contributed by atoms with Crippen molar-refractivity contribution in [3.05, 3.63) is 53.9 Å². The van der Waals surface area contributed by atoms with Crippen molar-refractivity contribution in [2.45, 2.75) is 51.2 Å². The number of rotatable bonds is 5. The molecule has 0 saturated heterocycles. The summed E-state index contributed by atoms with van der Waals surface area (Å²) in [6, 6.07) is 11.7. The van der Waals surface area contributed by atoms with E-state index >= 15 is 0 Å². The predicted molar refractivity (Wildman–Crippen MR) is 102 cm³/mol. The Balaban J connectivity index is 1.26. The molecule has 0 unspecified atom stereocenters. The maximum absolute atomic E-state index is 12.4. The quantitative estimate of drug-likeness (QED) is 0.748. The van der Waals surface area contributed by atoms with Gasteiger partial charge in [-0.25, -0.2) is 4.98 Å². The average Bonchev–Trinajstić information content (AvgIpc) is 3.08. The van der Waals surface area contributed by atoms with Crippen molar-refractivity contribution < 1.29 is 14.1 Å². The first-order valence-electron chi connectivity index (χ1n) is 9.39. The van der Waals surface area contributed by atoms with E-state index in [0.29, 0.717) is 17.2 Å². The summed E-state index contributed by atoms with van der Waals surface area (Å²) < 4.78 is 11.2. The van der Waals surface area contributed by atoms with Gasteiger partial charge in [0.25, 0.3) is 0 Å². The second kappa shape index (κ2) is 7.78. The molecule has 1 N–H and O–H groups in total. The first-order valence-corrected chi connectivity index (χ1v) is 9.39. The third-order valence-corrected chi connectivity index (χ3v) is 4.99. The second-order valence-electron chi connectivity index (χ2n) is 7.13. The van der Waals surface area contributed by atoms with Crippen LogP contribution in [-0.2, 0) is 11.2 Å². The number of para-hydroxylation sites is 1. The zero-order valence-corrected chi connectivity index (χ0v) is 15.4. The Labute approximate surface area is 157 Å². The van der Waals surface area contributed by atoms with Crippen molar-refractivity contribution in [1.82, 2.24) is 15.5 Å². The van der Waals surface area contributed by atoms with Crippen molar-refractivity contribution in [3.63, 3.8) is 0 Å². The van der Waals surface area contributed by atoms with E-state index in [1.165, 1.54) is 0 Å². The van der Waals surface area contributed by atoms with Gasteiger partial charge >= 0.3 is 0 Å². The van der Waals surface area contributed by atoms with Gasteiger partial charge in [0.05, 0.1) is 6.42 Å². The molecule has 0 bridgehead atoms. The van der Waals surface area contributed by atoms with E-state index in [4.69, 9.17) is 9.26 Å². The first-order chi connectivity index (χ1) is 13.2. The molecule has 6 nitrogen and oxygen atoms in total. The van der Waals surface area contributed by atoms with Crippen LogP contribution in [-0.4, -0.2) is 28.2 Å². The molecule has 2 heterocycles. The fourth-order valence-corrected chi connectivity index (χ4v) is 3.52. The monoisotopic (exact) mass is 365 g/mol. The summed E-state index contributed by atoms with van der Waals surface area (Å²) in [7, 11) is 0. The highest BCUT2D eigenvalue weighted by Crippen LogP contribution is 2.23. The lowest BCUT2D eigenvalue weighted by atomic mass is 9.93. The number of nitrogens with one attached hydrogen (secondary N) is 1. The van der Waals surface area contributed by atoms with Crippen molar-refractivity contribution in [2.24, 2.45) is 0 Å². The highest BCUT2D eigenvalue weighted by atomic mass is 16.5. The fourth-order valence-electron chi connectivity index (χ4n) is 3.52. The van der Waals surface area contributed by atoms with E-state index in [9.17, 15) is 4.79 Å². The van der Waals surface area contributed by atoms with Gasteiger partial charge < -0.3 is 14.6 Å². The maximum Gasteiger partial charge on any atom is 0.226 e. The molecular formula is C21H23N3O3. The normalized spacial score (nSPS) is 19.7. The maximum atomic E-state index is 12.4. The molecule has 1 aliphatic carbocycles. The number of hydrogen-bond donors (Lipinski definition) is 1. The highest BCUT2D eigenvalue weighted by molar-refractivity contribution is 5.86. The summed E-state index contributed by atoms with van der Waals surface area (Å²) in [5, 5.41) is 8.05. The minimum absolute atomic E-state index is 0.0152. The lowest BCUT2D eigenvalue weighted by Crippen LogP contribution is -2.40. The molecule has 1 saturated carbocycles. The number of hydrogen-bond acceptors (Lipinski definition) is 5. The van der Waals surface area contributed by atoms with E-state index in [-0.39, 0.29) is 24.5 Å². The van der Waals surface area contributed by atoms with Crippen LogP contribution in [0.15, 0.2) is 47.1 Å². The predicted octanol–water partition coefficient (Wildman–Crippen LogP) is 3.58. The van der Waals surface area contributed by atoms with Gasteiger partial charge in [0.15, 0.2) is 5.58 Å². The molecule has 1 fully saturated rings. The Morgan fingerprint density at radius 1 is 1.19 bits per heavy atom. The van der Waals surface area contributed by atoms with Crippen LogP contribution in [0.1, 0.15) is 36.9 Å². The van der Waals surface area contributed by atoms with Crippen LogP contribution in [0.2, 0.25) is 0 Å². The smallest absolute Gasteiger partial charge is 0.226 e. The van der Waals surface area contributed by atoms with Crippen LogP contribution in [0, 0.1) is 6.92 Å². The second-order valence-corrected chi connectivity index (χ2v) is 7.13. The van der Waals surface area contributed by atoms with Crippen LogP contribution in [0.25, 0.3) is 11.0 Å². The van der Waals surface area contributed by atoms with Crippen molar-refractivity contribution >= 4 is 16.9 Å². The minimum atomic E-state index is -0.0152. The fraction of sp³-hybridized carbons (Fsp3) is 0.381. The number of benzene rings is 1. The molecule has 2 aromatic heterocycles. The summed E-state index contributed by atoms with van der Waals surface area (Å²) in [5.74, 6) is 0.657. The van der Waals surface area contributed by atoms with Gasteiger partial charge in [-0.3, -0.25) is 4.79 Å². The van der Waals surface area contributed by atoms with E-state index in [1.54, 1.807) is 0 Å². The van der Waals surface area contributed by atoms with E-state index < -0.39 is 0 Å². The van der Waals surface area contributed by atoms with Crippen molar-refractivity contribution in [1.29, 1.82) is 0 Å². The summed E-state index contributed by atoms with van der Waals surface area (Å²) in [4.78, 5) is 16.7. The van der Waals surface area contributed by atoms with Crippen LogP contribution < -0.4 is 10.1 Å². The molecule has 3 aromatic rings. The van der Waals surface area contributed by atoms with Crippen molar-refractivity contribution in [2.75, 3.05) is 0 Å². The average molecular weight is 365 g/mol. The molecule has 27 heavy (non-hydrogen) atoms. The Bertz CT molecular complexity index is 912. The summed E-state index contributed by atoms with van der Waals surface area (Å²) >= 11 is 0. The lowest BCUT2D eigenvalue weighted by molar-refractivity contribution is -0.121. The Morgan fingerprint density at radius 2 is 2.00 bits per heavy atom. The van der Waals surface area contributed by atoms with E-state index in [1.807, 2.05) is 49.5 Å². The molecule has 1 aliphatic rings. The van der Waals surface area contributed by atoms with Crippen molar-refractivity contribution in [3.8, 4) is 5.88 Å². The van der Waals surface area contributed by atoms with Crippen LogP contribution >= 0.6 is 0 Å². The van der Waals surface area contributed by atoms with Gasteiger partial charge in [-0.15, -0.1) is 0 Å². The number of ether oxygens (including phenoxy) is 1. The zero-order valence-electron chi connectivity index (χ0n) is 15.4. The Kier molecular flexibility index (Phi) is 5.05. The number of carbonyl (C=O) groups excluding carboxylic acids is 1. The topological polar surface area (TPSA) is 77.2 Å². The largest absolute Gasteiger partial charge is 0.474 e. The van der Waals surface area contributed by atoms with Gasteiger partial charge in [0, 0.05) is 23.7 Å². The summed E-state index contributed by atoms with van der Waals surface area (Å²) in [5.41, 5.74) is 2.52. The number of pyridine rings is 1. The van der Waals surface area contributed by atoms with Crippen LogP contribution in [0.4, 0.5) is 0 Å². The van der Waals surface area contributed by atoms with Gasteiger partial charge in [-0.05, 0) is 50.3 Å². The van der Waals surface area contributed by atoms with E-state index in [2.05, 4.69) is 15.5 Å². The first kappa shape index (κ1) is 17.5. The zero-order chi connectivity index (χ0) is 18.6.